The van der Waals surface area contributed by atoms with Crippen molar-refractivity contribution in [2.24, 2.45) is 0 Å². The van der Waals surface area contributed by atoms with Gasteiger partial charge in [-0.2, -0.15) is 20.2 Å². The van der Waals surface area contributed by atoms with Crippen molar-refractivity contribution < 1.29 is 14.7 Å². The number of nitriles is 1. The number of fused-ring (bicyclic) bond motifs is 3. The number of para-hydroxylation sites is 3. The second-order valence-electron chi connectivity index (χ2n) is 23.0. The molecule has 2 saturated heterocycles. The van der Waals surface area contributed by atoms with Gasteiger partial charge in [0.25, 0.3) is 22.6 Å². The molecule has 6 aromatic carbocycles. The van der Waals surface area contributed by atoms with Crippen LogP contribution >= 0.6 is 47.2 Å². The number of hydrogen-bond acceptors (Lipinski definition) is 19. The van der Waals surface area contributed by atoms with E-state index in [-0.39, 0.29) is 75.8 Å². The Hall–Kier alpha value is -11.5. The van der Waals surface area contributed by atoms with Crippen LogP contribution in [0, 0.1) is 11.3 Å². The predicted octanol–water partition coefficient (Wildman–Crippen LogP) is 12.4. The fraction of sp³-hybridized carbons (Fsp3) is 0.167. The summed E-state index contributed by atoms with van der Waals surface area (Å²) in [6, 6.07) is 50.2. The molecule has 12 aromatic rings. The van der Waals surface area contributed by atoms with Crippen molar-refractivity contribution in [2.45, 2.75) is 51.7 Å². The van der Waals surface area contributed by atoms with Gasteiger partial charge in [-0.25, -0.2) is 19.7 Å². The number of amides is 1. The lowest BCUT2D eigenvalue weighted by molar-refractivity contribution is 0.0650. The number of carboxylic acids is 1. The number of hydrogen-bond donors (Lipinski definition) is 8. The molecule has 3 atom stereocenters. The lowest BCUT2D eigenvalue weighted by Gasteiger charge is -2.31. The molecule has 2 fully saturated rings. The van der Waals surface area contributed by atoms with Crippen molar-refractivity contribution in [2.75, 3.05) is 59.3 Å². The molecule has 28 heteroatoms. The number of halogens is 4. The number of anilines is 6. The molecule has 24 nitrogen and oxygen atoms in total. The highest BCUT2D eigenvalue weighted by molar-refractivity contribution is 6.36. The Morgan fingerprint density at radius 1 is 0.510 bits per heavy atom. The Morgan fingerprint density at radius 2 is 0.840 bits per heavy atom. The highest BCUT2D eigenvalue weighted by Gasteiger charge is 2.28. The first-order chi connectivity index (χ1) is 47.8. The highest BCUT2D eigenvalue weighted by atomic mass is 35.5. The first-order valence-electron chi connectivity index (χ1n) is 31.3. The number of aromatic nitrogens is 9. The maximum Gasteiger partial charge on any atom is 0.341 e. The minimum atomic E-state index is -1.19. The number of carboxylic acid groups (broad SMARTS) is 1. The third kappa shape index (κ3) is 15.6. The van der Waals surface area contributed by atoms with Crippen molar-refractivity contribution in [1.29, 1.82) is 5.26 Å². The standard InChI is InChI=1S/C25H23ClN6O2.C22H17ClN6O.C22H18ClN5O3.C3H7N.ClH/c1-15(29-22-18(14-28-25(27)30-22)23(33)31-11-6-12-31)20-13-16-7-5-10-19(26)21(16)24(34)32(20)17-8-3-2-4-9-17;1-13(27-20-15(11-24)12-26-22(25)28-20)18-10-14-6-5-9-17(23)19(14)21(30)29(18)16-7-3-2-4-8-16;1-12(26-19-15(21(30)31)11-25-22(24)27-19)17-10-13-6-5-9-16(23)18(13)20(29)28(17)14-7-3-2-4-8-14;1-2-4-3-1;/h2-5,7-10,13-15H,6,11-12H2,1H3,(H3,27,28,29,30);2-10,12-13H,1H3,(H3,25,26,27,28);2-12H,1H3,(H,30,31)(H3,24,25,26,27);4H,1-3H2;1H/t15-;13-;12-;;/m000../s1. The van der Waals surface area contributed by atoms with Crippen LogP contribution in [0.2, 0.25) is 15.1 Å². The second kappa shape index (κ2) is 31.8. The summed E-state index contributed by atoms with van der Waals surface area (Å²) in [6.07, 6.45) is 6.32. The zero-order valence-corrected chi connectivity index (χ0v) is 57.1. The summed E-state index contributed by atoms with van der Waals surface area (Å²) in [7, 11) is 0. The predicted molar refractivity (Wildman–Crippen MR) is 396 cm³/mol. The van der Waals surface area contributed by atoms with Crippen LogP contribution < -0.4 is 55.1 Å². The molecule has 0 saturated carbocycles. The van der Waals surface area contributed by atoms with E-state index in [0.29, 0.717) is 101 Å². The van der Waals surface area contributed by atoms with Gasteiger partial charge in [0, 0.05) is 59.6 Å². The summed E-state index contributed by atoms with van der Waals surface area (Å²) < 4.78 is 4.80. The first kappa shape index (κ1) is 71.3. The van der Waals surface area contributed by atoms with Crippen LogP contribution in [-0.4, -0.2) is 91.7 Å². The summed E-state index contributed by atoms with van der Waals surface area (Å²) in [5.41, 5.74) is 21.0. The van der Waals surface area contributed by atoms with Gasteiger partial charge in [-0.1, -0.05) is 126 Å². The van der Waals surface area contributed by atoms with Crippen molar-refractivity contribution in [3.63, 3.8) is 0 Å². The molecule has 1 amide bonds. The largest absolute Gasteiger partial charge is 0.477 e. The lowest BCUT2D eigenvalue weighted by Crippen LogP contribution is -2.42. The maximum absolute atomic E-state index is 13.6. The van der Waals surface area contributed by atoms with Gasteiger partial charge in [0.1, 0.15) is 40.2 Å². The third-order valence-electron chi connectivity index (χ3n) is 16.4. The van der Waals surface area contributed by atoms with Gasteiger partial charge in [0.05, 0.1) is 55.5 Å². The fourth-order valence-electron chi connectivity index (χ4n) is 11.1. The number of nitrogens with zero attached hydrogens (tertiary/aromatic N) is 11. The van der Waals surface area contributed by atoms with E-state index in [1.54, 1.807) is 61.9 Å². The first-order valence-corrected chi connectivity index (χ1v) is 32.4. The van der Waals surface area contributed by atoms with Crippen LogP contribution in [0.3, 0.4) is 0 Å². The van der Waals surface area contributed by atoms with E-state index in [1.807, 2.05) is 147 Å². The van der Waals surface area contributed by atoms with Crippen molar-refractivity contribution in [3.8, 4) is 23.1 Å². The molecule has 0 radical (unpaired) electrons. The fourth-order valence-corrected chi connectivity index (χ4v) is 11.9. The molecular weight excluding hydrogens is 1350 g/mol. The molecule has 0 bridgehead atoms. The van der Waals surface area contributed by atoms with Crippen molar-refractivity contribution in [1.82, 2.24) is 53.8 Å². The summed E-state index contributed by atoms with van der Waals surface area (Å²) in [5.74, 6) is -0.607. The Bertz CT molecular complexity index is 5250. The summed E-state index contributed by atoms with van der Waals surface area (Å²) in [6.45, 7) is 9.49. The number of nitrogen functional groups attached to an aromatic ring is 3. The molecule has 2 aliphatic heterocycles. The Kier molecular flexibility index (Phi) is 22.7. The van der Waals surface area contributed by atoms with Crippen LogP contribution in [0.1, 0.15) is 95.1 Å². The number of pyridine rings is 3. The van der Waals surface area contributed by atoms with E-state index in [9.17, 15) is 34.3 Å². The molecule has 8 heterocycles. The molecular formula is C72H66Cl4N18O6. The van der Waals surface area contributed by atoms with Crippen molar-refractivity contribution >= 4 is 127 Å². The van der Waals surface area contributed by atoms with E-state index in [4.69, 9.17) is 52.0 Å². The van der Waals surface area contributed by atoms with Gasteiger partial charge in [-0.3, -0.25) is 32.9 Å². The molecule has 2 aliphatic rings. The summed E-state index contributed by atoms with van der Waals surface area (Å²) >= 11 is 19.1. The van der Waals surface area contributed by atoms with Gasteiger partial charge in [0.15, 0.2) is 0 Å². The SMILES string of the molecule is C1CNC1.C[C@H](Nc1nc(N)ncc1C#N)c1cc2cccc(Cl)c2c(=O)n1-c1ccccc1.C[C@H](Nc1nc(N)ncc1C(=O)N1CCC1)c1cc2cccc(Cl)c2c(=O)n1-c1ccccc1.C[C@H](Nc1nc(N)ncc1C(=O)O)c1cc2cccc(Cl)c2c(=O)n1-c1ccccc1.Cl. The van der Waals surface area contributed by atoms with E-state index in [2.05, 4.69) is 51.2 Å². The van der Waals surface area contributed by atoms with Crippen LogP contribution in [0.15, 0.2) is 197 Å². The Balaban J connectivity index is 0.000000157. The minimum absolute atomic E-state index is 0. The molecule has 11 N–H and O–H groups in total. The van der Waals surface area contributed by atoms with Gasteiger partial charge in [0.2, 0.25) is 17.8 Å². The highest BCUT2D eigenvalue weighted by Crippen LogP contribution is 2.33. The Morgan fingerprint density at radius 3 is 1.17 bits per heavy atom. The van der Waals surface area contributed by atoms with Crippen LogP contribution in [0.25, 0.3) is 49.4 Å². The summed E-state index contributed by atoms with van der Waals surface area (Å²) in [4.78, 5) is 90.9. The quantitative estimate of drug-likeness (QED) is 0.0501. The molecule has 0 aliphatic carbocycles. The van der Waals surface area contributed by atoms with Crippen molar-refractivity contribution in [3.05, 3.63) is 262 Å². The van der Waals surface area contributed by atoms with E-state index in [1.165, 1.54) is 31.9 Å². The van der Waals surface area contributed by atoms with Gasteiger partial charge < -0.3 is 48.5 Å². The number of benzene rings is 6. The zero-order valence-electron chi connectivity index (χ0n) is 54.0. The lowest BCUT2D eigenvalue weighted by atomic mass is 10.1. The topological polar surface area (TPSA) is 351 Å². The van der Waals surface area contributed by atoms with E-state index in [0.717, 1.165) is 23.4 Å². The average molecular weight is 1420 g/mol. The normalized spacial score (nSPS) is 12.9. The number of carbonyl (C=O) groups is 2. The smallest absolute Gasteiger partial charge is 0.341 e. The van der Waals surface area contributed by atoms with Gasteiger partial charge in [-0.05, 0) is 136 Å². The summed E-state index contributed by atoms with van der Waals surface area (Å²) in [5, 5.41) is 36.1. The number of carbonyl (C=O) groups excluding carboxylic acids is 1. The van der Waals surface area contributed by atoms with Crippen LogP contribution in [0.4, 0.5) is 35.3 Å². The molecule has 0 unspecified atom stereocenters. The van der Waals surface area contributed by atoms with Gasteiger partial charge in [-0.15, -0.1) is 12.4 Å². The molecule has 100 heavy (non-hydrogen) atoms. The van der Waals surface area contributed by atoms with Gasteiger partial charge >= 0.3 is 5.97 Å². The number of aromatic carboxylic acids is 1. The van der Waals surface area contributed by atoms with E-state index >= 15 is 0 Å². The maximum atomic E-state index is 13.6. The molecule has 508 valence electrons. The molecule has 0 spiro atoms. The molecule has 6 aromatic heterocycles. The van der Waals surface area contributed by atoms with Crippen LogP contribution in [-0.2, 0) is 0 Å². The second-order valence-corrected chi connectivity index (χ2v) is 24.2. The molecule has 14 rings (SSSR count). The van der Waals surface area contributed by atoms with Crippen LogP contribution in [0.5, 0.6) is 0 Å². The number of rotatable bonds is 14. The Labute approximate surface area is 593 Å². The third-order valence-corrected chi connectivity index (χ3v) is 17.3. The monoisotopic (exact) mass is 1420 g/mol. The number of likely N-dealkylation sites (tertiary alicyclic amines) is 1. The number of nitrogens with two attached hydrogens (primary N) is 3. The minimum Gasteiger partial charge on any atom is -0.477 e. The average Bonchev–Trinajstić information content (AvgIpc) is 0.771. The van der Waals surface area contributed by atoms with E-state index < -0.39 is 18.1 Å². The zero-order chi connectivity index (χ0) is 70.0. The number of nitrogens with one attached hydrogen (secondary N) is 4.